The Kier molecular flexibility index (Phi) is 6.77. The van der Waals surface area contributed by atoms with Gasteiger partial charge in [0.05, 0.1) is 18.9 Å². The van der Waals surface area contributed by atoms with Crippen molar-refractivity contribution in [3.63, 3.8) is 0 Å². The van der Waals surface area contributed by atoms with Gasteiger partial charge < -0.3 is 14.4 Å². The van der Waals surface area contributed by atoms with Crippen LogP contribution in [0.5, 0.6) is 5.75 Å². The van der Waals surface area contributed by atoms with Crippen molar-refractivity contribution in [2.24, 2.45) is 4.99 Å². The summed E-state index contributed by atoms with van der Waals surface area (Å²) >= 11 is 3.51. The van der Waals surface area contributed by atoms with Crippen LogP contribution in [0.1, 0.15) is 11.1 Å². The molecule has 0 aliphatic carbocycles. The summed E-state index contributed by atoms with van der Waals surface area (Å²) in [7, 11) is 0. The molecule has 1 aliphatic rings. The minimum absolute atomic E-state index is 0.255. The Labute approximate surface area is 184 Å². The van der Waals surface area contributed by atoms with Crippen LogP contribution in [0.15, 0.2) is 76.2 Å². The lowest BCUT2D eigenvalue weighted by Gasteiger charge is -2.28. The van der Waals surface area contributed by atoms with Crippen molar-refractivity contribution in [2.45, 2.75) is 6.61 Å². The summed E-state index contributed by atoms with van der Waals surface area (Å²) in [6.07, 6.45) is 1.80. The predicted octanol–water partition coefficient (Wildman–Crippen LogP) is 5.75. The van der Waals surface area contributed by atoms with Crippen molar-refractivity contribution >= 4 is 33.5 Å². The summed E-state index contributed by atoms with van der Waals surface area (Å²) in [5, 5.41) is 0. The second kappa shape index (κ2) is 9.87. The Balaban J connectivity index is 1.45. The van der Waals surface area contributed by atoms with E-state index in [1.165, 1.54) is 17.8 Å². The van der Waals surface area contributed by atoms with Crippen molar-refractivity contribution in [3.8, 4) is 5.75 Å². The highest BCUT2D eigenvalue weighted by atomic mass is 79.9. The van der Waals surface area contributed by atoms with E-state index in [4.69, 9.17) is 9.47 Å². The van der Waals surface area contributed by atoms with Crippen LogP contribution < -0.4 is 9.64 Å². The lowest BCUT2D eigenvalue weighted by molar-refractivity contribution is 0.122. The third-order valence-electron chi connectivity index (χ3n) is 4.86. The maximum atomic E-state index is 13.1. The predicted molar refractivity (Wildman–Crippen MR) is 122 cm³/mol. The average molecular weight is 469 g/mol. The van der Waals surface area contributed by atoms with Gasteiger partial charge in [-0.25, -0.2) is 4.39 Å². The number of ether oxygens (including phenoxy) is 2. The lowest BCUT2D eigenvalue weighted by atomic mass is 10.2. The zero-order valence-electron chi connectivity index (χ0n) is 16.4. The highest BCUT2D eigenvalue weighted by molar-refractivity contribution is 9.10. The Hall–Kier alpha value is -2.70. The van der Waals surface area contributed by atoms with Gasteiger partial charge >= 0.3 is 0 Å². The number of benzene rings is 3. The summed E-state index contributed by atoms with van der Waals surface area (Å²) in [5.74, 6) is 0.464. The van der Waals surface area contributed by atoms with Gasteiger partial charge in [0, 0.05) is 35.0 Å². The number of rotatable bonds is 6. The summed E-state index contributed by atoms with van der Waals surface area (Å²) in [6.45, 7) is 3.72. The van der Waals surface area contributed by atoms with E-state index in [-0.39, 0.29) is 5.82 Å². The molecule has 1 aliphatic heterocycles. The van der Waals surface area contributed by atoms with E-state index in [1.807, 2.05) is 30.3 Å². The SMILES string of the molecule is Fc1ccc(COc2ccc(Br)cc2C=Nc2ccc(N3CCOCC3)cc2)cc1. The maximum absolute atomic E-state index is 13.1. The van der Waals surface area contributed by atoms with Crippen LogP contribution in [0.3, 0.4) is 0 Å². The molecule has 0 bridgehead atoms. The van der Waals surface area contributed by atoms with Crippen LogP contribution in [0, 0.1) is 5.82 Å². The minimum Gasteiger partial charge on any atom is -0.488 e. The van der Waals surface area contributed by atoms with Crippen LogP contribution in [-0.2, 0) is 11.3 Å². The smallest absolute Gasteiger partial charge is 0.128 e. The molecule has 0 N–H and O–H groups in total. The molecule has 0 saturated carbocycles. The van der Waals surface area contributed by atoms with Gasteiger partial charge in [-0.2, -0.15) is 0 Å². The molecule has 1 fully saturated rings. The Morgan fingerprint density at radius 2 is 1.73 bits per heavy atom. The maximum Gasteiger partial charge on any atom is 0.128 e. The second-order valence-corrected chi connectivity index (χ2v) is 7.89. The molecule has 4 nitrogen and oxygen atoms in total. The number of nitrogens with zero attached hydrogens (tertiary/aromatic N) is 2. The first-order valence-corrected chi connectivity index (χ1v) is 10.6. The summed E-state index contributed by atoms with van der Waals surface area (Å²) in [6, 6.07) is 20.3. The van der Waals surface area contributed by atoms with Crippen LogP contribution in [-0.4, -0.2) is 32.5 Å². The van der Waals surface area contributed by atoms with Crippen LogP contribution in [0.2, 0.25) is 0 Å². The highest BCUT2D eigenvalue weighted by Crippen LogP contribution is 2.25. The Morgan fingerprint density at radius 1 is 1.00 bits per heavy atom. The molecule has 0 unspecified atom stereocenters. The fraction of sp³-hybridized carbons (Fsp3) is 0.208. The van der Waals surface area contributed by atoms with Crippen LogP contribution in [0.4, 0.5) is 15.8 Å². The summed E-state index contributed by atoms with van der Waals surface area (Å²) < 4.78 is 25.4. The molecule has 4 rings (SSSR count). The molecule has 154 valence electrons. The van der Waals surface area contributed by atoms with Crippen molar-refractivity contribution in [2.75, 3.05) is 31.2 Å². The Bertz CT molecular complexity index is 1000. The molecule has 0 atom stereocenters. The van der Waals surface area contributed by atoms with Crippen molar-refractivity contribution < 1.29 is 13.9 Å². The molecule has 3 aromatic rings. The zero-order valence-corrected chi connectivity index (χ0v) is 18.0. The van der Waals surface area contributed by atoms with Gasteiger partial charge in [0.25, 0.3) is 0 Å². The third kappa shape index (κ3) is 5.46. The van der Waals surface area contributed by atoms with E-state index in [2.05, 4.69) is 38.0 Å². The molecule has 1 heterocycles. The largest absolute Gasteiger partial charge is 0.488 e. The summed E-state index contributed by atoms with van der Waals surface area (Å²) in [5.41, 5.74) is 3.82. The molecule has 0 aromatic heterocycles. The Morgan fingerprint density at radius 3 is 2.47 bits per heavy atom. The minimum atomic E-state index is -0.255. The van der Waals surface area contributed by atoms with Crippen LogP contribution in [0.25, 0.3) is 0 Å². The van der Waals surface area contributed by atoms with E-state index >= 15 is 0 Å². The van der Waals surface area contributed by atoms with Crippen LogP contribution >= 0.6 is 15.9 Å². The van der Waals surface area contributed by atoms with Gasteiger partial charge in [0.15, 0.2) is 0 Å². The molecule has 0 radical (unpaired) electrons. The molecular weight excluding hydrogens is 447 g/mol. The average Bonchev–Trinajstić information content (AvgIpc) is 2.79. The van der Waals surface area contributed by atoms with Gasteiger partial charge in [-0.05, 0) is 60.2 Å². The number of hydrogen-bond donors (Lipinski definition) is 0. The quantitative estimate of drug-likeness (QED) is 0.431. The third-order valence-corrected chi connectivity index (χ3v) is 5.35. The number of morpholine rings is 1. The van der Waals surface area contributed by atoms with Crippen molar-refractivity contribution in [3.05, 3.63) is 88.1 Å². The van der Waals surface area contributed by atoms with E-state index in [0.29, 0.717) is 6.61 Å². The fourth-order valence-electron chi connectivity index (χ4n) is 3.21. The van der Waals surface area contributed by atoms with E-state index in [9.17, 15) is 4.39 Å². The van der Waals surface area contributed by atoms with Gasteiger partial charge in [0.1, 0.15) is 18.2 Å². The lowest BCUT2D eigenvalue weighted by Crippen LogP contribution is -2.36. The molecule has 0 spiro atoms. The van der Waals surface area contributed by atoms with E-state index in [0.717, 1.165) is 53.3 Å². The molecule has 30 heavy (non-hydrogen) atoms. The molecule has 6 heteroatoms. The summed E-state index contributed by atoms with van der Waals surface area (Å²) in [4.78, 5) is 6.92. The molecule has 3 aromatic carbocycles. The van der Waals surface area contributed by atoms with Gasteiger partial charge in [-0.1, -0.05) is 28.1 Å². The van der Waals surface area contributed by atoms with Crippen molar-refractivity contribution in [1.82, 2.24) is 0 Å². The first-order chi connectivity index (χ1) is 14.7. The number of anilines is 1. The topological polar surface area (TPSA) is 34.1 Å². The van der Waals surface area contributed by atoms with Gasteiger partial charge in [-0.15, -0.1) is 0 Å². The fourth-order valence-corrected chi connectivity index (χ4v) is 3.59. The number of halogens is 2. The monoisotopic (exact) mass is 468 g/mol. The van der Waals surface area contributed by atoms with Crippen molar-refractivity contribution in [1.29, 1.82) is 0 Å². The van der Waals surface area contributed by atoms with Gasteiger partial charge in [0.2, 0.25) is 0 Å². The molecule has 0 amide bonds. The first kappa shape index (κ1) is 20.6. The van der Waals surface area contributed by atoms with E-state index < -0.39 is 0 Å². The zero-order chi connectivity index (χ0) is 20.8. The van der Waals surface area contributed by atoms with E-state index in [1.54, 1.807) is 18.3 Å². The highest BCUT2D eigenvalue weighted by Gasteiger charge is 2.10. The molecular formula is C24H22BrFN2O2. The number of hydrogen-bond acceptors (Lipinski definition) is 4. The molecule has 1 saturated heterocycles. The number of aliphatic imine (C=N–C) groups is 1. The normalized spacial score (nSPS) is 14.3. The first-order valence-electron chi connectivity index (χ1n) is 9.81. The second-order valence-electron chi connectivity index (χ2n) is 6.97. The van der Waals surface area contributed by atoms with Gasteiger partial charge in [-0.3, -0.25) is 4.99 Å². The standard InChI is InChI=1S/C24H22BrFN2O2/c25-20-3-10-24(30-17-18-1-4-21(26)5-2-18)19(15-20)16-27-22-6-8-23(9-7-22)28-11-13-29-14-12-28/h1-10,15-16H,11-14,17H2.